The largest absolute Gasteiger partial charge is 0.472 e. The van der Waals surface area contributed by atoms with E-state index in [0.29, 0.717) is 0 Å². The van der Waals surface area contributed by atoms with E-state index in [1.54, 1.807) is 6.07 Å². The second-order valence-corrected chi connectivity index (χ2v) is 5.12. The van der Waals surface area contributed by atoms with Gasteiger partial charge in [-0.3, -0.25) is 4.79 Å². The number of nitrogens with two attached hydrogens (primary N) is 1. The molecule has 1 unspecified atom stereocenters. The highest BCUT2D eigenvalue weighted by Gasteiger charge is 2.61. The van der Waals surface area contributed by atoms with Gasteiger partial charge in [0.25, 0.3) is 0 Å². The van der Waals surface area contributed by atoms with Crippen molar-refractivity contribution in [3.8, 4) is 5.75 Å². The highest BCUT2D eigenvalue weighted by molar-refractivity contribution is 5.95. The molecule has 0 fully saturated rings. The fraction of sp³-hybridized carbons (Fsp3) is 0.188. The summed E-state index contributed by atoms with van der Waals surface area (Å²) < 4.78 is 46.6. The van der Waals surface area contributed by atoms with E-state index in [1.165, 1.54) is 42.5 Å². The summed E-state index contributed by atoms with van der Waals surface area (Å²) in [6.07, 6.45) is -5.11. The SMILES string of the molecule is NC(=O)c1cccc2c1CC(c1ccccc1)(C(F)(F)F)O2. The quantitative estimate of drug-likeness (QED) is 0.926. The summed E-state index contributed by atoms with van der Waals surface area (Å²) in [7, 11) is 0. The Morgan fingerprint density at radius 1 is 1.09 bits per heavy atom. The lowest BCUT2D eigenvalue weighted by Gasteiger charge is -2.31. The predicted octanol–water partition coefficient (Wildman–Crippen LogP) is 3.18. The second kappa shape index (κ2) is 4.76. The molecule has 2 aromatic rings. The highest BCUT2D eigenvalue weighted by Crippen LogP contribution is 2.51. The zero-order valence-electron chi connectivity index (χ0n) is 11.4. The van der Waals surface area contributed by atoms with E-state index in [9.17, 15) is 18.0 Å². The van der Waals surface area contributed by atoms with Gasteiger partial charge in [-0.25, -0.2) is 0 Å². The molecule has 0 aromatic heterocycles. The smallest absolute Gasteiger partial charge is 0.432 e. The molecule has 0 spiro atoms. The molecule has 6 heteroatoms. The van der Waals surface area contributed by atoms with Crippen LogP contribution in [0.2, 0.25) is 0 Å². The van der Waals surface area contributed by atoms with Gasteiger partial charge in [0.15, 0.2) is 0 Å². The minimum absolute atomic E-state index is 0.00544. The molecule has 0 aliphatic carbocycles. The van der Waals surface area contributed by atoms with Gasteiger partial charge in [-0.2, -0.15) is 13.2 Å². The first kappa shape index (κ1) is 14.4. The van der Waals surface area contributed by atoms with Crippen LogP contribution in [0.25, 0.3) is 0 Å². The van der Waals surface area contributed by atoms with Gasteiger partial charge >= 0.3 is 6.18 Å². The molecule has 2 aromatic carbocycles. The van der Waals surface area contributed by atoms with Gasteiger partial charge < -0.3 is 10.5 Å². The molecule has 1 heterocycles. The third-order valence-corrected chi connectivity index (χ3v) is 3.81. The molecular formula is C16H12F3NO2. The normalized spacial score (nSPS) is 20.3. The minimum atomic E-state index is -4.64. The Morgan fingerprint density at radius 3 is 2.36 bits per heavy atom. The average molecular weight is 307 g/mol. The maximum atomic E-state index is 13.8. The van der Waals surface area contributed by atoms with Crippen LogP contribution in [0, 0.1) is 0 Å². The number of ether oxygens (including phenoxy) is 1. The number of benzene rings is 2. The summed E-state index contributed by atoms with van der Waals surface area (Å²) in [5.74, 6) is -0.732. The molecule has 0 saturated carbocycles. The van der Waals surface area contributed by atoms with E-state index in [0.717, 1.165) is 0 Å². The summed E-state index contributed by atoms with van der Waals surface area (Å²) in [4.78, 5) is 11.4. The summed E-state index contributed by atoms with van der Waals surface area (Å²) in [5.41, 5.74) is 2.99. The van der Waals surface area contributed by atoms with Crippen molar-refractivity contribution in [2.75, 3.05) is 0 Å². The van der Waals surface area contributed by atoms with Crippen molar-refractivity contribution in [3.63, 3.8) is 0 Å². The number of carbonyl (C=O) groups is 1. The molecule has 1 amide bonds. The number of carbonyl (C=O) groups excluding carboxylic acids is 1. The summed E-state index contributed by atoms with van der Waals surface area (Å²) in [6, 6.07) is 11.7. The summed E-state index contributed by atoms with van der Waals surface area (Å²) in [6.45, 7) is 0. The Hall–Kier alpha value is -2.50. The van der Waals surface area contributed by atoms with Crippen LogP contribution in [-0.2, 0) is 12.0 Å². The molecule has 3 rings (SSSR count). The standard InChI is InChI=1S/C16H12F3NO2/c17-16(18,19)15(10-5-2-1-3-6-10)9-12-11(14(20)21)7-4-8-13(12)22-15/h1-8H,9H2,(H2,20,21). The topological polar surface area (TPSA) is 52.3 Å². The van der Waals surface area contributed by atoms with E-state index in [1.807, 2.05) is 0 Å². The van der Waals surface area contributed by atoms with Crippen LogP contribution >= 0.6 is 0 Å². The van der Waals surface area contributed by atoms with E-state index in [4.69, 9.17) is 10.5 Å². The molecular weight excluding hydrogens is 295 g/mol. The van der Waals surface area contributed by atoms with Crippen LogP contribution in [0.5, 0.6) is 5.75 Å². The Morgan fingerprint density at radius 2 is 1.77 bits per heavy atom. The van der Waals surface area contributed by atoms with Crippen molar-refractivity contribution in [1.82, 2.24) is 0 Å². The van der Waals surface area contributed by atoms with Crippen molar-refractivity contribution in [1.29, 1.82) is 0 Å². The van der Waals surface area contributed by atoms with Gasteiger partial charge in [0, 0.05) is 23.1 Å². The number of fused-ring (bicyclic) bond motifs is 1. The summed E-state index contributed by atoms with van der Waals surface area (Å²) >= 11 is 0. The molecule has 1 aliphatic heterocycles. The number of hydrogen-bond donors (Lipinski definition) is 1. The number of primary amides is 1. The molecule has 1 atom stereocenters. The monoisotopic (exact) mass is 307 g/mol. The zero-order chi connectivity index (χ0) is 16.0. The Kier molecular flexibility index (Phi) is 3.12. The fourth-order valence-electron chi connectivity index (χ4n) is 2.74. The number of alkyl halides is 3. The number of amides is 1. The van der Waals surface area contributed by atoms with Crippen molar-refractivity contribution in [2.45, 2.75) is 18.2 Å². The van der Waals surface area contributed by atoms with Crippen LogP contribution in [0.15, 0.2) is 48.5 Å². The first-order valence-corrected chi connectivity index (χ1v) is 6.58. The maximum Gasteiger partial charge on any atom is 0.432 e. The lowest BCUT2D eigenvalue weighted by atomic mass is 9.87. The number of hydrogen-bond acceptors (Lipinski definition) is 2. The molecule has 22 heavy (non-hydrogen) atoms. The van der Waals surface area contributed by atoms with E-state index in [2.05, 4.69) is 0 Å². The highest BCUT2D eigenvalue weighted by atomic mass is 19.4. The van der Waals surface area contributed by atoms with Gasteiger partial charge in [-0.15, -0.1) is 0 Å². The van der Waals surface area contributed by atoms with Gasteiger partial charge in [0.05, 0.1) is 0 Å². The van der Waals surface area contributed by atoms with Gasteiger partial charge in [0.1, 0.15) is 5.75 Å². The lowest BCUT2D eigenvalue weighted by Crippen LogP contribution is -2.46. The lowest BCUT2D eigenvalue weighted by molar-refractivity contribution is -0.248. The van der Waals surface area contributed by atoms with Crippen molar-refractivity contribution in [3.05, 3.63) is 65.2 Å². The van der Waals surface area contributed by atoms with E-state index in [-0.39, 0.29) is 22.4 Å². The van der Waals surface area contributed by atoms with Crippen LogP contribution in [-0.4, -0.2) is 12.1 Å². The van der Waals surface area contributed by atoms with Crippen molar-refractivity contribution < 1.29 is 22.7 Å². The Balaban J connectivity index is 2.17. The molecule has 0 saturated heterocycles. The summed E-state index contributed by atoms with van der Waals surface area (Å²) in [5, 5.41) is 0. The van der Waals surface area contributed by atoms with Crippen LogP contribution in [0.1, 0.15) is 21.5 Å². The van der Waals surface area contributed by atoms with E-state index < -0.39 is 24.1 Å². The van der Waals surface area contributed by atoms with Gasteiger partial charge in [0.2, 0.25) is 11.5 Å². The molecule has 2 N–H and O–H groups in total. The minimum Gasteiger partial charge on any atom is -0.472 e. The Labute approximate surface area is 124 Å². The van der Waals surface area contributed by atoms with E-state index >= 15 is 0 Å². The first-order valence-electron chi connectivity index (χ1n) is 6.58. The van der Waals surface area contributed by atoms with Crippen LogP contribution in [0.3, 0.4) is 0 Å². The number of rotatable bonds is 2. The van der Waals surface area contributed by atoms with Crippen molar-refractivity contribution >= 4 is 5.91 Å². The molecule has 114 valence electrons. The maximum absolute atomic E-state index is 13.8. The molecule has 0 bridgehead atoms. The zero-order valence-corrected chi connectivity index (χ0v) is 11.4. The average Bonchev–Trinajstić information content (AvgIpc) is 2.88. The second-order valence-electron chi connectivity index (χ2n) is 5.12. The first-order chi connectivity index (χ1) is 10.3. The van der Waals surface area contributed by atoms with Gasteiger partial charge in [-0.1, -0.05) is 36.4 Å². The van der Waals surface area contributed by atoms with Crippen molar-refractivity contribution in [2.24, 2.45) is 5.73 Å². The predicted molar refractivity (Wildman–Crippen MR) is 73.5 cm³/mol. The van der Waals surface area contributed by atoms with Crippen LogP contribution < -0.4 is 10.5 Å². The van der Waals surface area contributed by atoms with Crippen LogP contribution in [0.4, 0.5) is 13.2 Å². The molecule has 0 radical (unpaired) electrons. The Bertz CT molecular complexity index is 728. The fourth-order valence-corrected chi connectivity index (χ4v) is 2.74. The molecule has 1 aliphatic rings. The third-order valence-electron chi connectivity index (χ3n) is 3.81. The third kappa shape index (κ3) is 2.03. The molecule has 3 nitrogen and oxygen atoms in total. The van der Waals surface area contributed by atoms with Gasteiger partial charge in [-0.05, 0) is 12.1 Å². The number of halogens is 3.